The zero-order valence-electron chi connectivity index (χ0n) is 10.7. The second-order valence-corrected chi connectivity index (χ2v) is 7.38. The number of nitrogens with zero attached hydrogens (tertiary/aromatic N) is 2. The van der Waals surface area contributed by atoms with Gasteiger partial charge in [-0.15, -0.1) is 0 Å². The summed E-state index contributed by atoms with van der Waals surface area (Å²) in [5.41, 5.74) is 5.69. The normalized spacial score (nSPS) is 25.4. The minimum absolute atomic E-state index is 0.00884. The maximum absolute atomic E-state index is 12.6. The lowest BCUT2D eigenvalue weighted by molar-refractivity contribution is -0.0170. The molecular formula is C11H16BrN3O3S. The molecular weight excluding hydrogens is 334 g/mol. The van der Waals surface area contributed by atoms with Gasteiger partial charge in [-0.05, 0) is 35.8 Å². The molecule has 6 nitrogen and oxygen atoms in total. The number of ether oxygens (including phenoxy) is 1. The van der Waals surface area contributed by atoms with E-state index < -0.39 is 10.0 Å². The number of halogens is 1. The van der Waals surface area contributed by atoms with E-state index in [-0.39, 0.29) is 22.9 Å². The van der Waals surface area contributed by atoms with E-state index in [1.165, 1.54) is 16.6 Å². The lowest BCUT2D eigenvalue weighted by Crippen LogP contribution is -2.50. The molecule has 1 aromatic rings. The first-order chi connectivity index (χ1) is 8.82. The molecule has 0 bridgehead atoms. The summed E-state index contributed by atoms with van der Waals surface area (Å²) in [6.07, 6.45) is 1.34. The van der Waals surface area contributed by atoms with Crippen LogP contribution >= 0.6 is 15.9 Å². The average Bonchev–Trinajstić information content (AvgIpc) is 2.35. The number of aromatic nitrogens is 1. The molecule has 2 rings (SSSR count). The SMILES string of the molecule is CC1CN(S(=O)(=O)c2cc(Br)cnc2N)C(C)CO1. The molecule has 106 valence electrons. The van der Waals surface area contributed by atoms with Crippen LogP contribution in [0, 0.1) is 0 Å². The summed E-state index contributed by atoms with van der Waals surface area (Å²) in [7, 11) is -3.66. The summed E-state index contributed by atoms with van der Waals surface area (Å²) in [5.74, 6) is 0.00884. The highest BCUT2D eigenvalue weighted by molar-refractivity contribution is 9.10. The Morgan fingerprint density at radius 3 is 2.89 bits per heavy atom. The van der Waals surface area contributed by atoms with Crippen LogP contribution in [-0.2, 0) is 14.8 Å². The zero-order chi connectivity index (χ0) is 14.2. The third-order valence-electron chi connectivity index (χ3n) is 2.99. The molecule has 2 heterocycles. The van der Waals surface area contributed by atoms with Crippen molar-refractivity contribution in [3.8, 4) is 0 Å². The van der Waals surface area contributed by atoms with Crippen LogP contribution in [0.2, 0.25) is 0 Å². The number of hydrogen-bond acceptors (Lipinski definition) is 5. The van der Waals surface area contributed by atoms with Gasteiger partial charge in [-0.1, -0.05) is 0 Å². The van der Waals surface area contributed by atoms with E-state index in [0.717, 1.165) is 0 Å². The smallest absolute Gasteiger partial charge is 0.247 e. The molecule has 1 fully saturated rings. The number of hydrogen-bond donors (Lipinski definition) is 1. The van der Waals surface area contributed by atoms with Crippen LogP contribution in [0.15, 0.2) is 21.6 Å². The van der Waals surface area contributed by atoms with Gasteiger partial charge in [0.05, 0.1) is 12.7 Å². The molecule has 0 radical (unpaired) electrons. The van der Waals surface area contributed by atoms with Gasteiger partial charge in [0.1, 0.15) is 10.7 Å². The molecule has 2 N–H and O–H groups in total. The van der Waals surface area contributed by atoms with Crippen molar-refractivity contribution in [1.29, 1.82) is 0 Å². The third kappa shape index (κ3) is 2.91. The number of pyridine rings is 1. The van der Waals surface area contributed by atoms with Gasteiger partial charge in [0, 0.05) is 23.3 Å². The molecule has 2 unspecified atom stereocenters. The highest BCUT2D eigenvalue weighted by atomic mass is 79.9. The van der Waals surface area contributed by atoms with Crippen LogP contribution in [0.3, 0.4) is 0 Å². The Hall–Kier alpha value is -0.700. The fourth-order valence-corrected chi connectivity index (χ4v) is 4.24. The van der Waals surface area contributed by atoms with Crippen molar-refractivity contribution in [2.24, 2.45) is 0 Å². The Labute approximate surface area is 121 Å². The number of morpholine rings is 1. The van der Waals surface area contributed by atoms with Gasteiger partial charge in [0.25, 0.3) is 0 Å². The van der Waals surface area contributed by atoms with Crippen LogP contribution in [-0.4, -0.2) is 43.0 Å². The quantitative estimate of drug-likeness (QED) is 0.867. The summed E-state index contributed by atoms with van der Waals surface area (Å²) in [5, 5.41) is 0. The van der Waals surface area contributed by atoms with Gasteiger partial charge < -0.3 is 10.5 Å². The Morgan fingerprint density at radius 1 is 1.53 bits per heavy atom. The van der Waals surface area contributed by atoms with Gasteiger partial charge in [0.2, 0.25) is 10.0 Å². The Bertz CT molecular complexity index is 579. The number of nitrogens with two attached hydrogens (primary N) is 1. The van der Waals surface area contributed by atoms with Gasteiger partial charge in [-0.3, -0.25) is 0 Å². The molecule has 0 amide bonds. The van der Waals surface area contributed by atoms with Crippen molar-refractivity contribution in [3.63, 3.8) is 0 Å². The van der Waals surface area contributed by atoms with Crippen molar-refractivity contribution < 1.29 is 13.2 Å². The topological polar surface area (TPSA) is 85.5 Å². The van der Waals surface area contributed by atoms with E-state index in [4.69, 9.17) is 10.5 Å². The Balaban J connectivity index is 2.44. The Morgan fingerprint density at radius 2 is 2.21 bits per heavy atom. The molecule has 1 saturated heterocycles. The standard InChI is InChI=1S/C11H16BrN3O3S/c1-7-6-18-8(2)5-15(7)19(16,17)10-3-9(12)4-14-11(10)13/h3-4,7-8H,5-6H2,1-2H3,(H2,13,14). The van der Waals surface area contributed by atoms with Crippen molar-refractivity contribution in [2.75, 3.05) is 18.9 Å². The lowest BCUT2D eigenvalue weighted by Gasteiger charge is -2.35. The predicted molar refractivity (Wildman–Crippen MR) is 75.1 cm³/mol. The number of nitrogen functional groups attached to an aromatic ring is 1. The second kappa shape index (κ2) is 5.35. The fourth-order valence-electron chi connectivity index (χ4n) is 1.97. The van der Waals surface area contributed by atoms with E-state index in [0.29, 0.717) is 17.6 Å². The van der Waals surface area contributed by atoms with Gasteiger partial charge in [-0.2, -0.15) is 4.31 Å². The maximum Gasteiger partial charge on any atom is 0.247 e. The minimum atomic E-state index is -3.66. The largest absolute Gasteiger partial charge is 0.383 e. The fraction of sp³-hybridized carbons (Fsp3) is 0.545. The van der Waals surface area contributed by atoms with Gasteiger partial charge in [0.15, 0.2) is 0 Å². The molecule has 1 aliphatic rings. The van der Waals surface area contributed by atoms with Crippen molar-refractivity contribution in [1.82, 2.24) is 9.29 Å². The molecule has 0 saturated carbocycles. The molecule has 0 aliphatic carbocycles. The van der Waals surface area contributed by atoms with Crippen LogP contribution in [0.1, 0.15) is 13.8 Å². The van der Waals surface area contributed by atoms with E-state index >= 15 is 0 Å². The first-order valence-corrected chi connectivity index (χ1v) is 8.10. The molecule has 0 aromatic carbocycles. The molecule has 2 atom stereocenters. The van der Waals surface area contributed by atoms with Crippen LogP contribution in [0.25, 0.3) is 0 Å². The summed E-state index contributed by atoms with van der Waals surface area (Å²) < 4.78 is 32.7. The van der Waals surface area contributed by atoms with Crippen LogP contribution in [0.4, 0.5) is 5.82 Å². The molecule has 1 aliphatic heterocycles. The van der Waals surface area contributed by atoms with E-state index in [1.54, 1.807) is 0 Å². The molecule has 19 heavy (non-hydrogen) atoms. The number of sulfonamides is 1. The molecule has 8 heteroatoms. The van der Waals surface area contributed by atoms with Crippen molar-refractivity contribution >= 4 is 31.8 Å². The molecule has 0 spiro atoms. The lowest BCUT2D eigenvalue weighted by atomic mass is 10.2. The average molecular weight is 350 g/mol. The van der Waals surface area contributed by atoms with Gasteiger partial charge in [-0.25, -0.2) is 13.4 Å². The highest BCUT2D eigenvalue weighted by Crippen LogP contribution is 2.27. The molecule has 1 aromatic heterocycles. The summed E-state index contributed by atoms with van der Waals surface area (Å²) in [6, 6.07) is 1.25. The van der Waals surface area contributed by atoms with Crippen molar-refractivity contribution in [2.45, 2.75) is 30.9 Å². The van der Waals surface area contributed by atoms with E-state index in [9.17, 15) is 8.42 Å². The second-order valence-electron chi connectivity index (χ2n) is 4.60. The third-order valence-corrected chi connectivity index (χ3v) is 5.43. The summed E-state index contributed by atoms with van der Waals surface area (Å²) >= 11 is 3.21. The zero-order valence-corrected chi connectivity index (χ0v) is 13.1. The summed E-state index contributed by atoms with van der Waals surface area (Å²) in [6.45, 7) is 4.35. The predicted octanol–water partition coefficient (Wildman–Crippen LogP) is 1.22. The van der Waals surface area contributed by atoms with E-state index in [2.05, 4.69) is 20.9 Å². The Kier molecular flexibility index (Phi) is 4.14. The monoisotopic (exact) mass is 349 g/mol. The minimum Gasteiger partial charge on any atom is -0.383 e. The number of rotatable bonds is 2. The van der Waals surface area contributed by atoms with Crippen LogP contribution < -0.4 is 5.73 Å². The van der Waals surface area contributed by atoms with Crippen molar-refractivity contribution in [3.05, 3.63) is 16.7 Å². The first kappa shape index (κ1) is 14.7. The first-order valence-electron chi connectivity index (χ1n) is 5.87. The maximum atomic E-state index is 12.6. The van der Waals surface area contributed by atoms with Crippen LogP contribution in [0.5, 0.6) is 0 Å². The summed E-state index contributed by atoms with van der Waals surface area (Å²) in [4.78, 5) is 3.91. The van der Waals surface area contributed by atoms with Gasteiger partial charge >= 0.3 is 0 Å². The van der Waals surface area contributed by atoms with E-state index in [1.807, 2.05) is 13.8 Å². The number of anilines is 1. The highest BCUT2D eigenvalue weighted by Gasteiger charge is 2.35.